The molecular formula is C25H31N3O2. The van der Waals surface area contributed by atoms with Crippen molar-refractivity contribution in [2.45, 2.75) is 32.3 Å². The molecule has 2 aliphatic heterocycles. The van der Waals surface area contributed by atoms with E-state index in [9.17, 15) is 5.11 Å². The van der Waals surface area contributed by atoms with Crippen molar-refractivity contribution in [3.63, 3.8) is 0 Å². The number of hydrogen-bond donors (Lipinski definition) is 1. The van der Waals surface area contributed by atoms with Crippen molar-refractivity contribution in [1.29, 1.82) is 0 Å². The second-order valence-electron chi connectivity index (χ2n) is 8.82. The van der Waals surface area contributed by atoms with Gasteiger partial charge in [-0.3, -0.25) is 9.88 Å². The van der Waals surface area contributed by atoms with E-state index in [0.717, 1.165) is 76.6 Å². The van der Waals surface area contributed by atoms with Gasteiger partial charge in [0.1, 0.15) is 0 Å². The van der Waals surface area contributed by atoms with Gasteiger partial charge in [-0.1, -0.05) is 23.8 Å². The molecule has 0 unspecified atom stereocenters. The van der Waals surface area contributed by atoms with Crippen molar-refractivity contribution in [2.24, 2.45) is 0 Å². The maximum Gasteiger partial charge on any atom is 0.0780 e. The topological polar surface area (TPSA) is 48.8 Å². The molecule has 1 N–H and O–H groups in total. The summed E-state index contributed by atoms with van der Waals surface area (Å²) in [4.78, 5) is 9.78. The number of aromatic nitrogens is 1. The Kier molecular flexibility index (Phi) is 5.59. The smallest absolute Gasteiger partial charge is 0.0780 e. The first-order valence-electron chi connectivity index (χ1n) is 11.2. The fourth-order valence-corrected chi connectivity index (χ4v) is 4.88. The van der Waals surface area contributed by atoms with Gasteiger partial charge in [0.2, 0.25) is 0 Å². The fraction of sp³-hybridized carbons (Fsp3) is 0.480. The summed E-state index contributed by atoms with van der Waals surface area (Å²) in [6, 6.07) is 11.1. The molecule has 0 atom stereocenters. The third-order valence-electron chi connectivity index (χ3n) is 6.54. The average molecular weight is 406 g/mol. The minimum absolute atomic E-state index is 0.141. The minimum atomic E-state index is -0.141. The second kappa shape index (κ2) is 8.50. The first-order chi connectivity index (χ1) is 14.7. The number of pyridine rings is 1. The highest BCUT2D eigenvalue weighted by Crippen LogP contribution is 2.34. The number of benzene rings is 1. The Morgan fingerprint density at radius 2 is 1.80 bits per heavy atom. The number of morpholine rings is 1. The predicted octanol–water partition coefficient (Wildman–Crippen LogP) is 3.29. The highest BCUT2D eigenvalue weighted by atomic mass is 16.5. The monoisotopic (exact) mass is 405 g/mol. The average Bonchev–Trinajstić information content (AvgIpc) is 3.16. The van der Waals surface area contributed by atoms with Crippen LogP contribution in [0, 0.1) is 6.92 Å². The standard InChI is InChI=1S/C25H31N3O2/c1-18-14-21-15-19(17-27-10-12-30-13-11-27)16-24(21)25(26-18)20-2-4-22(5-3-20)28-8-6-23(29)7-9-28/h2-5,14,16,23,29H,6-13,15,17H2,1H3. The summed E-state index contributed by atoms with van der Waals surface area (Å²) in [6.45, 7) is 8.69. The molecule has 3 heterocycles. The van der Waals surface area contributed by atoms with E-state index >= 15 is 0 Å². The number of nitrogens with zero attached hydrogens (tertiary/aromatic N) is 3. The van der Waals surface area contributed by atoms with Crippen LogP contribution in [0.2, 0.25) is 0 Å². The number of ether oxygens (including phenoxy) is 1. The van der Waals surface area contributed by atoms with Crippen molar-refractivity contribution in [3.8, 4) is 11.3 Å². The molecule has 0 saturated carbocycles. The summed E-state index contributed by atoms with van der Waals surface area (Å²) >= 11 is 0. The van der Waals surface area contributed by atoms with E-state index in [4.69, 9.17) is 9.72 Å². The number of piperidine rings is 1. The van der Waals surface area contributed by atoms with Crippen molar-refractivity contribution in [1.82, 2.24) is 9.88 Å². The number of aliphatic hydroxyl groups is 1. The quantitative estimate of drug-likeness (QED) is 0.846. The highest BCUT2D eigenvalue weighted by Gasteiger charge is 2.22. The fourth-order valence-electron chi connectivity index (χ4n) is 4.88. The summed E-state index contributed by atoms with van der Waals surface area (Å²) in [6.07, 6.45) is 4.96. The molecule has 0 spiro atoms. The number of anilines is 1. The van der Waals surface area contributed by atoms with E-state index < -0.39 is 0 Å². The minimum Gasteiger partial charge on any atom is -0.393 e. The van der Waals surface area contributed by atoms with Crippen LogP contribution in [0.1, 0.15) is 29.7 Å². The molecule has 5 nitrogen and oxygen atoms in total. The zero-order chi connectivity index (χ0) is 20.5. The van der Waals surface area contributed by atoms with Crippen LogP contribution in [0.25, 0.3) is 17.3 Å². The molecule has 1 aromatic heterocycles. The third-order valence-corrected chi connectivity index (χ3v) is 6.54. The molecule has 0 radical (unpaired) electrons. The lowest BCUT2D eigenvalue weighted by atomic mass is 10.0. The molecule has 0 amide bonds. The lowest BCUT2D eigenvalue weighted by molar-refractivity contribution is 0.0422. The third kappa shape index (κ3) is 4.15. The molecule has 5 heteroatoms. The maximum absolute atomic E-state index is 9.76. The molecular weight excluding hydrogens is 374 g/mol. The number of aryl methyl sites for hydroxylation is 1. The summed E-state index contributed by atoms with van der Waals surface area (Å²) in [5.74, 6) is 0. The Morgan fingerprint density at radius 3 is 2.53 bits per heavy atom. The van der Waals surface area contributed by atoms with Gasteiger partial charge in [-0.05, 0) is 49.9 Å². The van der Waals surface area contributed by atoms with Gasteiger partial charge < -0.3 is 14.7 Å². The Morgan fingerprint density at radius 1 is 1.07 bits per heavy atom. The summed E-state index contributed by atoms with van der Waals surface area (Å²) in [5.41, 5.74) is 8.76. The van der Waals surface area contributed by atoms with Crippen LogP contribution in [0.5, 0.6) is 0 Å². The number of fused-ring (bicyclic) bond motifs is 1. The first kappa shape index (κ1) is 19.7. The largest absolute Gasteiger partial charge is 0.393 e. The van der Waals surface area contributed by atoms with Gasteiger partial charge in [0.25, 0.3) is 0 Å². The molecule has 1 aliphatic carbocycles. The van der Waals surface area contributed by atoms with Crippen LogP contribution in [0.3, 0.4) is 0 Å². The van der Waals surface area contributed by atoms with Crippen LogP contribution in [-0.4, -0.2) is 67.0 Å². The first-order valence-corrected chi connectivity index (χ1v) is 11.2. The van der Waals surface area contributed by atoms with Crippen molar-refractivity contribution >= 4 is 11.8 Å². The zero-order valence-electron chi connectivity index (χ0n) is 17.8. The molecule has 3 aliphatic rings. The Bertz CT molecular complexity index is 924. The van der Waals surface area contributed by atoms with E-state index in [1.165, 1.54) is 28.0 Å². The Labute approximate surface area is 179 Å². The van der Waals surface area contributed by atoms with Gasteiger partial charge >= 0.3 is 0 Å². The van der Waals surface area contributed by atoms with Gasteiger partial charge in [-0.2, -0.15) is 0 Å². The number of aliphatic hydroxyl groups excluding tert-OH is 1. The van der Waals surface area contributed by atoms with Gasteiger partial charge in [-0.25, -0.2) is 0 Å². The molecule has 5 rings (SSSR count). The van der Waals surface area contributed by atoms with Crippen LogP contribution < -0.4 is 4.90 Å². The molecule has 0 bridgehead atoms. The van der Waals surface area contributed by atoms with Crippen LogP contribution in [-0.2, 0) is 11.2 Å². The molecule has 158 valence electrons. The Hall–Kier alpha value is -2.21. The molecule has 2 aromatic rings. The van der Waals surface area contributed by atoms with E-state index in [0.29, 0.717) is 0 Å². The van der Waals surface area contributed by atoms with Gasteiger partial charge in [-0.15, -0.1) is 0 Å². The second-order valence-corrected chi connectivity index (χ2v) is 8.82. The van der Waals surface area contributed by atoms with E-state index in [2.05, 4.69) is 53.1 Å². The van der Waals surface area contributed by atoms with Crippen molar-refractivity contribution in [3.05, 3.63) is 52.7 Å². The number of hydrogen-bond acceptors (Lipinski definition) is 5. The summed E-state index contributed by atoms with van der Waals surface area (Å²) in [7, 11) is 0. The molecule has 30 heavy (non-hydrogen) atoms. The van der Waals surface area contributed by atoms with E-state index in [-0.39, 0.29) is 6.10 Å². The molecule has 2 saturated heterocycles. The van der Waals surface area contributed by atoms with Crippen LogP contribution in [0.4, 0.5) is 5.69 Å². The van der Waals surface area contributed by atoms with Gasteiger partial charge in [0, 0.05) is 55.2 Å². The Balaban J connectivity index is 1.37. The maximum atomic E-state index is 9.76. The van der Waals surface area contributed by atoms with Crippen LogP contribution >= 0.6 is 0 Å². The highest BCUT2D eigenvalue weighted by molar-refractivity contribution is 5.79. The predicted molar refractivity (Wildman–Crippen MR) is 121 cm³/mol. The van der Waals surface area contributed by atoms with E-state index in [1.54, 1.807) is 0 Å². The molecule has 1 aromatic carbocycles. The van der Waals surface area contributed by atoms with Crippen molar-refractivity contribution in [2.75, 3.05) is 50.8 Å². The zero-order valence-corrected chi connectivity index (χ0v) is 17.8. The van der Waals surface area contributed by atoms with E-state index in [1.807, 2.05) is 0 Å². The lowest BCUT2D eigenvalue weighted by Gasteiger charge is -2.31. The lowest BCUT2D eigenvalue weighted by Crippen LogP contribution is -2.37. The molecule has 2 fully saturated rings. The summed E-state index contributed by atoms with van der Waals surface area (Å²) in [5, 5.41) is 9.76. The summed E-state index contributed by atoms with van der Waals surface area (Å²) < 4.78 is 5.49. The normalized spacial score (nSPS) is 20.3. The number of rotatable bonds is 4. The van der Waals surface area contributed by atoms with Gasteiger partial charge in [0.15, 0.2) is 0 Å². The van der Waals surface area contributed by atoms with Crippen LogP contribution in [0.15, 0.2) is 35.9 Å². The van der Waals surface area contributed by atoms with Crippen molar-refractivity contribution < 1.29 is 9.84 Å². The SMILES string of the molecule is Cc1cc2c(c(-c3ccc(N4CCC(O)CC4)cc3)n1)C=C(CN1CCOCC1)C2. The van der Waals surface area contributed by atoms with Gasteiger partial charge in [0.05, 0.1) is 25.0 Å².